The summed E-state index contributed by atoms with van der Waals surface area (Å²) in [5.74, 6) is 0.557. The fraction of sp³-hybridized carbons (Fsp3) is 0.222. The highest BCUT2D eigenvalue weighted by atomic mass is 15.3. The van der Waals surface area contributed by atoms with Crippen molar-refractivity contribution >= 4 is 5.82 Å². The number of anilines is 1. The lowest BCUT2D eigenvalue weighted by Gasteiger charge is -1.96. The Kier molecular flexibility index (Phi) is 1.62. The highest BCUT2D eigenvalue weighted by Crippen LogP contribution is 2.20. The number of aromatic nitrogens is 3. The van der Waals surface area contributed by atoms with Crippen molar-refractivity contribution in [3.8, 4) is 11.3 Å². The molecule has 0 aliphatic heterocycles. The van der Waals surface area contributed by atoms with Crippen LogP contribution in [0.4, 0.5) is 5.82 Å². The molecular formula is C9H12N4. The van der Waals surface area contributed by atoms with E-state index in [1.807, 2.05) is 43.2 Å². The van der Waals surface area contributed by atoms with E-state index in [-0.39, 0.29) is 0 Å². The van der Waals surface area contributed by atoms with E-state index < -0.39 is 0 Å². The molecule has 0 radical (unpaired) electrons. The van der Waals surface area contributed by atoms with Gasteiger partial charge in [-0.2, -0.15) is 5.10 Å². The third kappa shape index (κ3) is 1.30. The van der Waals surface area contributed by atoms with Gasteiger partial charge in [0.05, 0.1) is 5.69 Å². The normalized spacial score (nSPS) is 10.6. The summed E-state index contributed by atoms with van der Waals surface area (Å²) in [4.78, 5) is 0. The highest BCUT2D eigenvalue weighted by Gasteiger charge is 2.05. The average molecular weight is 176 g/mol. The van der Waals surface area contributed by atoms with Crippen molar-refractivity contribution in [1.82, 2.24) is 14.3 Å². The van der Waals surface area contributed by atoms with Gasteiger partial charge in [0.1, 0.15) is 5.82 Å². The van der Waals surface area contributed by atoms with Crippen molar-refractivity contribution in [3.05, 3.63) is 24.5 Å². The molecule has 0 atom stereocenters. The van der Waals surface area contributed by atoms with Crippen LogP contribution in [0.3, 0.4) is 0 Å². The van der Waals surface area contributed by atoms with Gasteiger partial charge < -0.3 is 10.3 Å². The topological polar surface area (TPSA) is 48.8 Å². The van der Waals surface area contributed by atoms with Crippen LogP contribution in [-0.4, -0.2) is 14.3 Å². The monoisotopic (exact) mass is 176 g/mol. The summed E-state index contributed by atoms with van der Waals surface area (Å²) in [5, 5.41) is 4.08. The molecule has 0 aliphatic rings. The molecule has 0 aromatic carbocycles. The summed E-state index contributed by atoms with van der Waals surface area (Å²) in [6, 6.07) is 3.91. The molecule has 0 bridgehead atoms. The largest absolute Gasteiger partial charge is 0.382 e. The molecule has 0 spiro atoms. The van der Waals surface area contributed by atoms with Crippen LogP contribution in [0.2, 0.25) is 0 Å². The molecule has 0 amide bonds. The number of nitrogens with zero attached hydrogens (tertiary/aromatic N) is 3. The van der Waals surface area contributed by atoms with Crippen molar-refractivity contribution in [2.45, 2.75) is 0 Å². The summed E-state index contributed by atoms with van der Waals surface area (Å²) < 4.78 is 3.78. The molecule has 2 aromatic rings. The second-order valence-corrected chi connectivity index (χ2v) is 3.14. The van der Waals surface area contributed by atoms with Crippen LogP contribution in [0.5, 0.6) is 0 Å². The number of hydrogen-bond acceptors (Lipinski definition) is 2. The van der Waals surface area contributed by atoms with Gasteiger partial charge in [-0.1, -0.05) is 0 Å². The van der Waals surface area contributed by atoms with Gasteiger partial charge in [0.25, 0.3) is 0 Å². The molecule has 0 saturated carbocycles. The smallest absolute Gasteiger partial charge is 0.146 e. The lowest BCUT2D eigenvalue weighted by atomic mass is 10.2. The molecule has 2 aromatic heterocycles. The molecule has 0 unspecified atom stereocenters. The molecular weight excluding hydrogens is 164 g/mol. The summed E-state index contributed by atoms with van der Waals surface area (Å²) in [5.41, 5.74) is 7.76. The van der Waals surface area contributed by atoms with Gasteiger partial charge in [-0.25, -0.2) is 0 Å². The molecule has 2 N–H and O–H groups in total. The van der Waals surface area contributed by atoms with Gasteiger partial charge in [0.2, 0.25) is 0 Å². The quantitative estimate of drug-likeness (QED) is 0.704. The fourth-order valence-electron chi connectivity index (χ4n) is 1.41. The Labute approximate surface area is 76.6 Å². The van der Waals surface area contributed by atoms with Crippen LogP contribution in [0.25, 0.3) is 11.3 Å². The van der Waals surface area contributed by atoms with E-state index in [0.29, 0.717) is 5.82 Å². The number of hydrogen-bond donors (Lipinski definition) is 1. The van der Waals surface area contributed by atoms with Crippen LogP contribution in [-0.2, 0) is 14.1 Å². The zero-order chi connectivity index (χ0) is 9.42. The first-order chi connectivity index (χ1) is 6.16. The predicted molar refractivity (Wildman–Crippen MR) is 52.0 cm³/mol. The number of nitrogen functional groups attached to an aromatic ring is 1. The molecule has 13 heavy (non-hydrogen) atoms. The lowest BCUT2D eigenvalue weighted by molar-refractivity contribution is 0.780. The maximum Gasteiger partial charge on any atom is 0.146 e. The Morgan fingerprint density at radius 3 is 2.62 bits per heavy atom. The van der Waals surface area contributed by atoms with E-state index in [9.17, 15) is 0 Å². The number of aryl methyl sites for hydroxylation is 2. The molecule has 2 rings (SSSR count). The van der Waals surface area contributed by atoms with Gasteiger partial charge in [-0.3, -0.25) is 4.68 Å². The van der Waals surface area contributed by atoms with E-state index in [4.69, 9.17) is 5.73 Å². The van der Waals surface area contributed by atoms with E-state index in [2.05, 4.69) is 5.10 Å². The second-order valence-electron chi connectivity index (χ2n) is 3.14. The first-order valence-corrected chi connectivity index (χ1v) is 4.08. The van der Waals surface area contributed by atoms with Crippen molar-refractivity contribution in [2.24, 2.45) is 14.1 Å². The number of nitrogens with two attached hydrogens (primary N) is 1. The molecule has 4 heteroatoms. The summed E-state index contributed by atoms with van der Waals surface area (Å²) in [6.07, 6.45) is 4.04. The maximum absolute atomic E-state index is 5.58. The summed E-state index contributed by atoms with van der Waals surface area (Å²) in [6.45, 7) is 0. The fourth-order valence-corrected chi connectivity index (χ4v) is 1.41. The Morgan fingerprint density at radius 2 is 2.15 bits per heavy atom. The molecule has 0 fully saturated rings. The summed E-state index contributed by atoms with van der Waals surface area (Å²) >= 11 is 0. The lowest BCUT2D eigenvalue weighted by Crippen LogP contribution is -1.93. The van der Waals surface area contributed by atoms with Crippen molar-refractivity contribution in [3.63, 3.8) is 0 Å². The van der Waals surface area contributed by atoms with E-state index in [1.165, 1.54) is 0 Å². The third-order valence-electron chi connectivity index (χ3n) is 2.03. The van der Waals surface area contributed by atoms with E-state index in [1.54, 1.807) is 4.68 Å². The van der Waals surface area contributed by atoms with Crippen LogP contribution >= 0.6 is 0 Å². The minimum atomic E-state index is 0.557. The zero-order valence-electron chi connectivity index (χ0n) is 7.73. The van der Waals surface area contributed by atoms with E-state index in [0.717, 1.165) is 11.3 Å². The molecule has 0 aliphatic carbocycles. The maximum atomic E-state index is 5.58. The first kappa shape index (κ1) is 7.91. The van der Waals surface area contributed by atoms with Crippen LogP contribution in [0.15, 0.2) is 24.5 Å². The predicted octanol–water partition coefficient (Wildman–Crippen LogP) is 1.01. The SMILES string of the molecule is Cn1ccc(-c2cc(N)nn2C)c1. The average Bonchev–Trinajstić information content (AvgIpc) is 2.58. The van der Waals surface area contributed by atoms with Crippen molar-refractivity contribution in [1.29, 1.82) is 0 Å². The first-order valence-electron chi connectivity index (χ1n) is 4.08. The Balaban J connectivity index is 2.51. The highest BCUT2D eigenvalue weighted by molar-refractivity contribution is 5.61. The summed E-state index contributed by atoms with van der Waals surface area (Å²) in [7, 11) is 3.88. The zero-order valence-corrected chi connectivity index (χ0v) is 7.73. The Hall–Kier alpha value is -1.71. The van der Waals surface area contributed by atoms with Crippen molar-refractivity contribution in [2.75, 3.05) is 5.73 Å². The standard InChI is InChI=1S/C9H12N4/c1-12-4-3-7(6-12)8-5-9(10)11-13(8)2/h3-6H,1-2H3,(H2,10,11). The van der Waals surface area contributed by atoms with Crippen molar-refractivity contribution < 1.29 is 0 Å². The third-order valence-corrected chi connectivity index (χ3v) is 2.03. The van der Waals surface area contributed by atoms with E-state index >= 15 is 0 Å². The molecule has 68 valence electrons. The van der Waals surface area contributed by atoms with Crippen LogP contribution < -0.4 is 5.73 Å². The molecule has 0 saturated heterocycles. The van der Waals surface area contributed by atoms with Gasteiger partial charge >= 0.3 is 0 Å². The minimum absolute atomic E-state index is 0.557. The number of rotatable bonds is 1. The van der Waals surface area contributed by atoms with Gasteiger partial charge in [-0.05, 0) is 6.07 Å². The van der Waals surface area contributed by atoms with Gasteiger partial charge in [-0.15, -0.1) is 0 Å². The molecule has 2 heterocycles. The van der Waals surface area contributed by atoms with Crippen LogP contribution in [0.1, 0.15) is 0 Å². The Morgan fingerprint density at radius 1 is 1.38 bits per heavy atom. The van der Waals surface area contributed by atoms with Crippen LogP contribution in [0, 0.1) is 0 Å². The Bertz CT molecular complexity index is 425. The molecule has 4 nitrogen and oxygen atoms in total. The van der Waals surface area contributed by atoms with Gasteiger partial charge in [0.15, 0.2) is 0 Å². The minimum Gasteiger partial charge on any atom is -0.382 e. The van der Waals surface area contributed by atoms with Gasteiger partial charge in [0, 0.05) is 38.1 Å². The second kappa shape index (κ2) is 2.65.